The fourth-order valence-electron chi connectivity index (χ4n) is 3.06. The molecule has 5 heteroatoms. The van der Waals surface area contributed by atoms with Crippen LogP contribution in [0.4, 0.5) is 0 Å². The number of hydrogen-bond donors (Lipinski definition) is 3. The van der Waals surface area contributed by atoms with E-state index in [1.54, 1.807) is 0 Å². The molecule has 0 bridgehead atoms. The van der Waals surface area contributed by atoms with Gasteiger partial charge in [0.05, 0.1) is 12.1 Å². The van der Waals surface area contributed by atoms with Gasteiger partial charge in [-0.1, -0.05) is 6.92 Å². The molecular formula is C15H29N3O2. The van der Waals surface area contributed by atoms with Gasteiger partial charge in [0.15, 0.2) is 0 Å². The molecule has 1 aliphatic carbocycles. The molecule has 0 spiro atoms. The van der Waals surface area contributed by atoms with Gasteiger partial charge in [0.25, 0.3) is 0 Å². The van der Waals surface area contributed by atoms with Gasteiger partial charge in [0.1, 0.15) is 0 Å². The van der Waals surface area contributed by atoms with Gasteiger partial charge in [-0.25, -0.2) is 0 Å². The average Bonchev–Trinajstić information content (AvgIpc) is 2.69. The number of carbonyl (C=O) groups is 1. The largest absolute Gasteiger partial charge is 0.388 e. The predicted molar refractivity (Wildman–Crippen MR) is 79.5 cm³/mol. The molecule has 2 aliphatic rings. The summed E-state index contributed by atoms with van der Waals surface area (Å²) in [6.07, 6.45) is 4.83. The van der Waals surface area contributed by atoms with E-state index < -0.39 is 5.60 Å². The topological polar surface area (TPSA) is 64.6 Å². The van der Waals surface area contributed by atoms with Crippen molar-refractivity contribution in [3.8, 4) is 0 Å². The van der Waals surface area contributed by atoms with Crippen LogP contribution in [0.2, 0.25) is 0 Å². The number of aliphatic hydroxyl groups is 1. The number of carbonyl (C=O) groups excluding carboxylic acids is 1. The Morgan fingerprint density at radius 1 is 1.35 bits per heavy atom. The zero-order valence-corrected chi connectivity index (χ0v) is 12.7. The van der Waals surface area contributed by atoms with Crippen molar-refractivity contribution >= 4 is 5.91 Å². The third kappa shape index (κ3) is 5.04. The molecule has 0 aromatic carbocycles. The molecule has 1 saturated carbocycles. The second-order valence-corrected chi connectivity index (χ2v) is 6.56. The van der Waals surface area contributed by atoms with Crippen molar-refractivity contribution in [1.82, 2.24) is 15.5 Å². The highest BCUT2D eigenvalue weighted by Crippen LogP contribution is 2.31. The minimum Gasteiger partial charge on any atom is -0.388 e. The van der Waals surface area contributed by atoms with Crippen LogP contribution in [0.5, 0.6) is 0 Å². The van der Waals surface area contributed by atoms with Gasteiger partial charge in [0, 0.05) is 19.6 Å². The van der Waals surface area contributed by atoms with Crippen molar-refractivity contribution in [2.45, 2.75) is 44.6 Å². The van der Waals surface area contributed by atoms with Crippen LogP contribution in [0.15, 0.2) is 0 Å². The van der Waals surface area contributed by atoms with Crippen molar-refractivity contribution in [2.75, 3.05) is 39.3 Å². The first-order chi connectivity index (χ1) is 9.57. The van der Waals surface area contributed by atoms with E-state index in [0.717, 1.165) is 58.3 Å². The number of hydrogen-bond acceptors (Lipinski definition) is 4. The molecule has 1 saturated heterocycles. The predicted octanol–water partition coefficient (Wildman–Crippen LogP) is 0.339. The summed E-state index contributed by atoms with van der Waals surface area (Å²) in [5.41, 5.74) is -0.678. The van der Waals surface area contributed by atoms with Gasteiger partial charge in [-0.05, 0) is 51.1 Å². The lowest BCUT2D eigenvalue weighted by Gasteiger charge is -2.35. The van der Waals surface area contributed by atoms with Gasteiger partial charge in [-0.15, -0.1) is 0 Å². The summed E-state index contributed by atoms with van der Waals surface area (Å²) in [6.45, 7) is 6.98. The van der Waals surface area contributed by atoms with E-state index in [4.69, 9.17) is 0 Å². The minimum absolute atomic E-state index is 0.0407. The van der Waals surface area contributed by atoms with Crippen LogP contribution >= 0.6 is 0 Å². The second-order valence-electron chi connectivity index (χ2n) is 6.56. The molecule has 3 N–H and O–H groups in total. The average molecular weight is 283 g/mol. The van der Waals surface area contributed by atoms with Gasteiger partial charge >= 0.3 is 0 Å². The summed E-state index contributed by atoms with van der Waals surface area (Å²) in [6, 6.07) is 0. The molecule has 2 rings (SSSR count). The van der Waals surface area contributed by atoms with Gasteiger partial charge in [-0.2, -0.15) is 0 Å². The molecule has 0 radical (unpaired) electrons. The normalized spacial score (nSPS) is 32.6. The Morgan fingerprint density at radius 3 is 2.85 bits per heavy atom. The Balaban J connectivity index is 1.69. The van der Waals surface area contributed by atoms with Crippen molar-refractivity contribution in [1.29, 1.82) is 0 Å². The fraction of sp³-hybridized carbons (Fsp3) is 0.933. The molecule has 1 heterocycles. The third-order valence-corrected chi connectivity index (χ3v) is 4.62. The summed E-state index contributed by atoms with van der Waals surface area (Å²) in [5, 5.41) is 16.7. The zero-order chi connectivity index (χ0) is 14.4. The van der Waals surface area contributed by atoms with Crippen LogP contribution in [0.1, 0.15) is 39.0 Å². The maximum Gasteiger partial charge on any atom is 0.234 e. The molecule has 1 aliphatic heterocycles. The maximum absolute atomic E-state index is 12.0. The first kappa shape index (κ1) is 15.7. The molecule has 0 unspecified atom stereocenters. The molecule has 0 aromatic heterocycles. The number of rotatable bonds is 4. The van der Waals surface area contributed by atoms with E-state index >= 15 is 0 Å². The minimum atomic E-state index is -0.678. The van der Waals surface area contributed by atoms with Crippen LogP contribution in [-0.2, 0) is 4.79 Å². The third-order valence-electron chi connectivity index (χ3n) is 4.62. The van der Waals surface area contributed by atoms with Crippen molar-refractivity contribution < 1.29 is 9.90 Å². The molecule has 0 aromatic rings. The second kappa shape index (κ2) is 7.38. The Bertz CT molecular complexity index is 306. The van der Waals surface area contributed by atoms with E-state index in [9.17, 15) is 9.90 Å². The molecule has 0 atom stereocenters. The fourth-order valence-corrected chi connectivity index (χ4v) is 3.06. The standard InChI is InChI=1S/C15H29N3O2/c1-13-3-5-15(20,6-4-13)12-17-14(19)11-18-9-2-7-16-8-10-18/h13,16,20H,2-12H2,1H3,(H,17,19). The van der Waals surface area contributed by atoms with Gasteiger partial charge in [-0.3, -0.25) is 9.69 Å². The summed E-state index contributed by atoms with van der Waals surface area (Å²) < 4.78 is 0. The van der Waals surface area contributed by atoms with E-state index in [0.29, 0.717) is 19.0 Å². The Morgan fingerprint density at radius 2 is 2.10 bits per heavy atom. The molecule has 116 valence electrons. The highest BCUT2D eigenvalue weighted by atomic mass is 16.3. The smallest absolute Gasteiger partial charge is 0.234 e. The van der Waals surface area contributed by atoms with E-state index in [-0.39, 0.29) is 5.91 Å². The SMILES string of the molecule is CC1CCC(O)(CNC(=O)CN2CCCNCC2)CC1. The van der Waals surface area contributed by atoms with Crippen LogP contribution in [0.3, 0.4) is 0 Å². The number of nitrogens with one attached hydrogen (secondary N) is 2. The van der Waals surface area contributed by atoms with Crippen LogP contribution in [0, 0.1) is 5.92 Å². The molecule has 1 amide bonds. The number of nitrogens with zero attached hydrogens (tertiary/aromatic N) is 1. The van der Waals surface area contributed by atoms with Gasteiger partial charge in [0.2, 0.25) is 5.91 Å². The first-order valence-electron chi connectivity index (χ1n) is 8.00. The Kier molecular flexibility index (Phi) is 5.81. The zero-order valence-electron chi connectivity index (χ0n) is 12.7. The Hall–Kier alpha value is -0.650. The molecule has 5 nitrogen and oxygen atoms in total. The van der Waals surface area contributed by atoms with E-state index in [1.807, 2.05) is 0 Å². The lowest BCUT2D eigenvalue weighted by molar-refractivity contribution is -0.124. The highest BCUT2D eigenvalue weighted by Gasteiger charge is 2.32. The number of amides is 1. The van der Waals surface area contributed by atoms with Crippen LogP contribution in [0.25, 0.3) is 0 Å². The van der Waals surface area contributed by atoms with Crippen LogP contribution < -0.4 is 10.6 Å². The lowest BCUT2D eigenvalue weighted by Crippen LogP contribution is -2.47. The summed E-state index contributed by atoms with van der Waals surface area (Å²) in [4.78, 5) is 14.2. The van der Waals surface area contributed by atoms with Crippen molar-refractivity contribution in [3.05, 3.63) is 0 Å². The quantitative estimate of drug-likeness (QED) is 0.696. The summed E-state index contributed by atoms with van der Waals surface area (Å²) in [5.74, 6) is 0.745. The van der Waals surface area contributed by atoms with E-state index in [2.05, 4.69) is 22.5 Å². The summed E-state index contributed by atoms with van der Waals surface area (Å²) in [7, 11) is 0. The van der Waals surface area contributed by atoms with Gasteiger partial charge < -0.3 is 15.7 Å². The van der Waals surface area contributed by atoms with Crippen molar-refractivity contribution in [3.63, 3.8) is 0 Å². The molecule has 2 fully saturated rings. The first-order valence-corrected chi connectivity index (χ1v) is 8.00. The monoisotopic (exact) mass is 283 g/mol. The Labute approximate surface area is 122 Å². The maximum atomic E-state index is 12.0. The summed E-state index contributed by atoms with van der Waals surface area (Å²) >= 11 is 0. The van der Waals surface area contributed by atoms with Crippen molar-refractivity contribution in [2.24, 2.45) is 5.92 Å². The highest BCUT2D eigenvalue weighted by molar-refractivity contribution is 5.78. The molecular weight excluding hydrogens is 254 g/mol. The molecule has 20 heavy (non-hydrogen) atoms. The lowest BCUT2D eigenvalue weighted by atomic mass is 9.79. The van der Waals surface area contributed by atoms with E-state index in [1.165, 1.54) is 0 Å². The van der Waals surface area contributed by atoms with Crippen LogP contribution in [-0.4, -0.2) is 60.8 Å².